The van der Waals surface area contributed by atoms with Crippen LogP contribution in [-0.2, 0) is 16.0 Å². The highest BCUT2D eigenvalue weighted by atomic mass is 16.2. The van der Waals surface area contributed by atoms with Crippen molar-refractivity contribution in [1.29, 1.82) is 0 Å². The molecule has 0 spiro atoms. The van der Waals surface area contributed by atoms with Gasteiger partial charge in [0.1, 0.15) is 5.78 Å². The van der Waals surface area contributed by atoms with Gasteiger partial charge in [-0.1, -0.05) is 66.2 Å². The van der Waals surface area contributed by atoms with E-state index in [0.717, 1.165) is 44.8 Å². The Hall–Kier alpha value is -5.56. The molecule has 0 aromatic heterocycles. The van der Waals surface area contributed by atoms with Crippen LogP contribution in [0.3, 0.4) is 0 Å². The quantitative estimate of drug-likeness (QED) is 0.124. The van der Waals surface area contributed by atoms with E-state index in [1.807, 2.05) is 58.9 Å². The van der Waals surface area contributed by atoms with Crippen molar-refractivity contribution >= 4 is 46.0 Å². The number of nitrogens with one attached hydrogen (secondary N) is 2. The maximum atomic E-state index is 14.1. The smallest absolute Gasteiger partial charge is 0.223 e. The first-order valence-corrected chi connectivity index (χ1v) is 16.5. The summed E-state index contributed by atoms with van der Waals surface area (Å²) in [5.74, 6) is -0.564. The van der Waals surface area contributed by atoms with E-state index in [1.165, 1.54) is 0 Å². The number of benzene rings is 4. The Bertz CT molecular complexity index is 1970. The fourth-order valence-electron chi connectivity index (χ4n) is 6.74. The summed E-state index contributed by atoms with van der Waals surface area (Å²) in [5, 5.41) is 6.96. The normalized spacial score (nSPS) is 11.8. The van der Waals surface area contributed by atoms with Crippen LogP contribution in [0.1, 0.15) is 78.1 Å². The Morgan fingerprint density at radius 1 is 0.673 bits per heavy atom. The summed E-state index contributed by atoms with van der Waals surface area (Å²) in [5.41, 5.74) is 10.1. The van der Waals surface area contributed by atoms with Gasteiger partial charge in [-0.25, -0.2) is 0 Å². The molecule has 4 aromatic rings. The van der Waals surface area contributed by atoms with Crippen molar-refractivity contribution in [3.63, 3.8) is 0 Å². The van der Waals surface area contributed by atoms with Crippen molar-refractivity contribution in [3.8, 4) is 0 Å². The molecule has 0 aliphatic heterocycles. The molecular formula is C42H43N3O4. The molecule has 0 bridgehead atoms. The number of ketones is 3. The minimum atomic E-state index is -0.222. The summed E-state index contributed by atoms with van der Waals surface area (Å²) < 4.78 is 0. The van der Waals surface area contributed by atoms with Gasteiger partial charge in [0.2, 0.25) is 5.91 Å². The molecule has 0 radical (unpaired) electrons. The van der Waals surface area contributed by atoms with E-state index in [2.05, 4.69) is 35.9 Å². The molecule has 0 atom stereocenters. The molecule has 2 N–H and O–H groups in total. The number of nitrogens with zero attached hydrogens (tertiary/aromatic N) is 1. The molecule has 250 valence electrons. The second-order valence-electron chi connectivity index (χ2n) is 12.8. The maximum absolute atomic E-state index is 14.1. The molecule has 1 aliphatic carbocycles. The fourth-order valence-corrected chi connectivity index (χ4v) is 6.74. The molecule has 4 aromatic carbocycles. The SMILES string of the molecule is C=CCN(CC=C)C(=O)CCC(=O)Cc1cc(C)c(Nc2ccc(Nc3c(C)cc(C)cc3C)c3c2C(=O)c2ccccc2C3=O)c(C)c1. The average Bonchev–Trinajstić information content (AvgIpc) is 3.05. The maximum Gasteiger partial charge on any atom is 0.223 e. The van der Waals surface area contributed by atoms with E-state index < -0.39 is 0 Å². The second-order valence-corrected chi connectivity index (χ2v) is 12.8. The Morgan fingerprint density at radius 2 is 1.12 bits per heavy atom. The third kappa shape index (κ3) is 7.31. The number of hydrogen-bond donors (Lipinski definition) is 2. The molecule has 7 nitrogen and oxygen atoms in total. The molecule has 7 heteroatoms. The first-order chi connectivity index (χ1) is 23.4. The molecule has 0 saturated heterocycles. The first-order valence-electron chi connectivity index (χ1n) is 16.5. The highest BCUT2D eigenvalue weighted by Crippen LogP contribution is 2.40. The third-order valence-electron chi connectivity index (χ3n) is 8.94. The molecular weight excluding hydrogens is 610 g/mol. The number of carbonyl (C=O) groups excluding carboxylic acids is 4. The summed E-state index contributed by atoms with van der Waals surface area (Å²) in [6.45, 7) is 18.2. The van der Waals surface area contributed by atoms with Crippen molar-refractivity contribution < 1.29 is 19.2 Å². The van der Waals surface area contributed by atoms with E-state index in [0.29, 0.717) is 46.7 Å². The molecule has 0 fully saturated rings. The lowest BCUT2D eigenvalue weighted by molar-refractivity contribution is -0.132. The van der Waals surface area contributed by atoms with Gasteiger partial charge < -0.3 is 15.5 Å². The van der Waals surface area contributed by atoms with Gasteiger partial charge in [0.05, 0.1) is 22.5 Å². The van der Waals surface area contributed by atoms with E-state index in [-0.39, 0.29) is 42.5 Å². The highest BCUT2D eigenvalue weighted by Gasteiger charge is 2.34. The van der Waals surface area contributed by atoms with E-state index in [4.69, 9.17) is 0 Å². The van der Waals surface area contributed by atoms with Gasteiger partial charge >= 0.3 is 0 Å². The molecule has 5 rings (SSSR count). The van der Waals surface area contributed by atoms with Gasteiger partial charge in [-0.3, -0.25) is 19.2 Å². The lowest BCUT2D eigenvalue weighted by Gasteiger charge is -2.25. The Morgan fingerprint density at radius 3 is 1.57 bits per heavy atom. The second kappa shape index (κ2) is 14.7. The molecule has 0 heterocycles. The van der Waals surface area contributed by atoms with Gasteiger partial charge in [-0.2, -0.15) is 0 Å². The van der Waals surface area contributed by atoms with Gasteiger partial charge in [0, 0.05) is 54.9 Å². The lowest BCUT2D eigenvalue weighted by atomic mass is 9.82. The molecule has 1 aliphatic rings. The minimum Gasteiger partial charge on any atom is -0.354 e. The average molecular weight is 654 g/mol. The number of aryl methyl sites for hydroxylation is 5. The van der Waals surface area contributed by atoms with Gasteiger partial charge in [-0.05, 0) is 74.6 Å². The summed E-state index contributed by atoms with van der Waals surface area (Å²) in [7, 11) is 0. The van der Waals surface area contributed by atoms with Crippen LogP contribution in [0, 0.1) is 34.6 Å². The number of amides is 1. The van der Waals surface area contributed by atoms with Crippen LogP contribution in [0.4, 0.5) is 22.7 Å². The monoisotopic (exact) mass is 653 g/mol. The van der Waals surface area contributed by atoms with Gasteiger partial charge in [-0.15, -0.1) is 13.2 Å². The molecule has 0 saturated carbocycles. The summed E-state index contributed by atoms with van der Waals surface area (Å²) in [6, 6.07) is 18.7. The summed E-state index contributed by atoms with van der Waals surface area (Å²) in [6.07, 6.45) is 3.80. The number of Topliss-reactive ketones (excluding diaryl/α,β-unsaturated/α-hetero) is 1. The molecule has 1 amide bonds. The van der Waals surface area contributed by atoms with Crippen molar-refractivity contribution in [3.05, 3.63) is 142 Å². The van der Waals surface area contributed by atoms with Crippen LogP contribution in [0.5, 0.6) is 0 Å². The van der Waals surface area contributed by atoms with E-state index in [9.17, 15) is 19.2 Å². The van der Waals surface area contributed by atoms with Crippen LogP contribution < -0.4 is 10.6 Å². The van der Waals surface area contributed by atoms with Gasteiger partial charge in [0.25, 0.3) is 0 Å². The third-order valence-corrected chi connectivity index (χ3v) is 8.94. The number of rotatable bonds is 13. The van der Waals surface area contributed by atoms with E-state index >= 15 is 0 Å². The summed E-state index contributed by atoms with van der Waals surface area (Å²) in [4.78, 5) is 55.3. The fraction of sp³-hybridized carbons (Fsp3) is 0.238. The number of fused-ring (bicyclic) bond motifs is 2. The molecule has 49 heavy (non-hydrogen) atoms. The first kappa shape index (κ1) is 34.8. The zero-order valence-corrected chi connectivity index (χ0v) is 29.0. The summed E-state index contributed by atoms with van der Waals surface area (Å²) >= 11 is 0. The Balaban J connectivity index is 1.44. The Kier molecular flexibility index (Phi) is 10.4. The van der Waals surface area contributed by atoms with Crippen molar-refractivity contribution in [1.82, 2.24) is 4.90 Å². The largest absolute Gasteiger partial charge is 0.354 e. The lowest BCUT2D eigenvalue weighted by Crippen LogP contribution is -2.31. The van der Waals surface area contributed by atoms with Crippen LogP contribution in [0.25, 0.3) is 0 Å². The predicted octanol–water partition coefficient (Wildman–Crippen LogP) is 8.58. The zero-order valence-electron chi connectivity index (χ0n) is 29.0. The van der Waals surface area contributed by atoms with Crippen LogP contribution in [0.2, 0.25) is 0 Å². The number of carbonyl (C=O) groups is 4. The van der Waals surface area contributed by atoms with Gasteiger partial charge in [0.15, 0.2) is 11.6 Å². The van der Waals surface area contributed by atoms with Crippen LogP contribution in [-0.4, -0.2) is 41.2 Å². The zero-order chi connectivity index (χ0) is 35.4. The predicted molar refractivity (Wildman–Crippen MR) is 198 cm³/mol. The van der Waals surface area contributed by atoms with Crippen LogP contribution >= 0.6 is 0 Å². The molecule has 0 unspecified atom stereocenters. The van der Waals surface area contributed by atoms with Crippen molar-refractivity contribution in [2.75, 3.05) is 23.7 Å². The number of hydrogen-bond acceptors (Lipinski definition) is 6. The minimum absolute atomic E-state index is 0.0241. The van der Waals surface area contributed by atoms with Crippen LogP contribution in [0.15, 0.2) is 86.0 Å². The van der Waals surface area contributed by atoms with E-state index in [1.54, 1.807) is 41.3 Å². The topological polar surface area (TPSA) is 95.6 Å². The van der Waals surface area contributed by atoms with Crippen molar-refractivity contribution in [2.24, 2.45) is 0 Å². The highest BCUT2D eigenvalue weighted by molar-refractivity contribution is 6.32. The number of anilines is 4. The Labute approximate surface area is 288 Å². The van der Waals surface area contributed by atoms with Crippen molar-refractivity contribution in [2.45, 2.75) is 53.9 Å². The standard InChI is InChI=1S/C42H43N3O4/c1-8-18-45(19-9-2)36(47)17-14-31(46)24-30-22-28(6)40(29(7)23-30)44-35-16-15-34(43-39-26(4)20-25(3)21-27(39)5)37-38(35)42(49)33-13-11-10-12-32(33)41(37)48/h8-13,15-16,20-23,43-44H,1-2,14,17-19,24H2,3-7H3.